The van der Waals surface area contributed by atoms with Gasteiger partial charge in [0.05, 0.1) is 0 Å². The molecule has 0 aromatic rings. The van der Waals surface area contributed by atoms with Crippen LogP contribution in [0.4, 0.5) is 0 Å². The van der Waals surface area contributed by atoms with Gasteiger partial charge in [0.1, 0.15) is 0 Å². The molecule has 0 saturated carbocycles. The van der Waals surface area contributed by atoms with Crippen LogP contribution in [0.25, 0.3) is 0 Å². The summed E-state index contributed by atoms with van der Waals surface area (Å²) in [6, 6.07) is 0. The van der Waals surface area contributed by atoms with E-state index in [-0.39, 0.29) is 0 Å². The zero-order valence-corrected chi connectivity index (χ0v) is 6.78. The normalized spacial score (nSPS) is 10.7. The summed E-state index contributed by atoms with van der Waals surface area (Å²) in [6.45, 7) is 6.51. The molecule has 0 bridgehead atoms. The van der Waals surface area contributed by atoms with Gasteiger partial charge in [0.15, 0.2) is 0 Å². The van der Waals surface area contributed by atoms with Crippen molar-refractivity contribution in [1.82, 2.24) is 10.4 Å². The Balaban J connectivity index is 2.95. The maximum Gasteiger partial charge on any atom is 0.0127 e. The lowest BCUT2D eigenvalue weighted by Crippen LogP contribution is -2.34. The van der Waals surface area contributed by atoms with E-state index in [9.17, 15) is 0 Å². The van der Waals surface area contributed by atoms with E-state index in [0.29, 0.717) is 0 Å². The molecule has 0 amide bonds. The number of hydrogen-bond donors (Lipinski definition) is 1. The van der Waals surface area contributed by atoms with Crippen LogP contribution in [0.2, 0.25) is 0 Å². The van der Waals surface area contributed by atoms with Gasteiger partial charge in [0.25, 0.3) is 0 Å². The monoisotopic (exact) mass is 130 g/mol. The molecule has 0 aromatic carbocycles. The van der Waals surface area contributed by atoms with Crippen LogP contribution in [-0.2, 0) is 0 Å². The summed E-state index contributed by atoms with van der Waals surface area (Å²) >= 11 is 0. The summed E-state index contributed by atoms with van der Waals surface area (Å²) in [7, 11) is 2.08. The van der Waals surface area contributed by atoms with Gasteiger partial charge >= 0.3 is 0 Å². The van der Waals surface area contributed by atoms with Crippen LogP contribution in [-0.4, -0.2) is 25.1 Å². The van der Waals surface area contributed by atoms with Crippen molar-refractivity contribution >= 4 is 0 Å². The minimum atomic E-state index is 1.03. The predicted molar refractivity (Wildman–Crippen MR) is 41.2 cm³/mol. The summed E-state index contributed by atoms with van der Waals surface area (Å²) < 4.78 is 0. The summed E-state index contributed by atoms with van der Waals surface area (Å²) in [5, 5.41) is 2.14. The van der Waals surface area contributed by atoms with E-state index in [4.69, 9.17) is 0 Å². The molecule has 2 nitrogen and oxygen atoms in total. The third kappa shape index (κ3) is 5.80. The van der Waals surface area contributed by atoms with E-state index in [1.807, 2.05) is 0 Å². The van der Waals surface area contributed by atoms with Crippen molar-refractivity contribution < 1.29 is 0 Å². The van der Waals surface area contributed by atoms with Gasteiger partial charge in [0, 0.05) is 20.1 Å². The number of rotatable bonds is 5. The first kappa shape index (κ1) is 8.92. The molecule has 0 aliphatic rings. The second-order valence-electron chi connectivity index (χ2n) is 2.29. The molecule has 0 aromatic heterocycles. The fourth-order valence-electron chi connectivity index (χ4n) is 0.744. The third-order valence-corrected chi connectivity index (χ3v) is 1.28. The van der Waals surface area contributed by atoms with E-state index >= 15 is 0 Å². The molecule has 0 saturated heterocycles. The van der Waals surface area contributed by atoms with Gasteiger partial charge < -0.3 is 0 Å². The van der Waals surface area contributed by atoms with Crippen molar-refractivity contribution in [2.75, 3.05) is 20.1 Å². The minimum absolute atomic E-state index is 1.03. The van der Waals surface area contributed by atoms with E-state index in [2.05, 4.69) is 31.3 Å². The first-order valence-corrected chi connectivity index (χ1v) is 3.75. The molecule has 0 unspecified atom stereocenters. The molecule has 0 atom stereocenters. The highest BCUT2D eigenvalue weighted by atomic mass is 15.5. The van der Waals surface area contributed by atoms with Gasteiger partial charge in [-0.2, -0.15) is 0 Å². The van der Waals surface area contributed by atoms with E-state index < -0.39 is 0 Å². The lowest BCUT2D eigenvalue weighted by molar-refractivity contribution is 0.238. The van der Waals surface area contributed by atoms with Crippen LogP contribution in [0.3, 0.4) is 0 Å². The van der Waals surface area contributed by atoms with Crippen LogP contribution in [0.15, 0.2) is 0 Å². The number of nitrogens with zero attached hydrogens (tertiary/aromatic N) is 1. The average molecular weight is 130 g/mol. The molecule has 2 heteroatoms. The van der Waals surface area contributed by atoms with Gasteiger partial charge in [0.2, 0.25) is 0 Å². The van der Waals surface area contributed by atoms with E-state index in [0.717, 1.165) is 13.1 Å². The number of unbranched alkanes of at least 4 members (excludes halogenated alkanes) is 1. The highest BCUT2D eigenvalue weighted by Gasteiger charge is 1.90. The van der Waals surface area contributed by atoms with Crippen LogP contribution in [0.5, 0.6) is 0 Å². The quantitative estimate of drug-likeness (QED) is 0.563. The van der Waals surface area contributed by atoms with Crippen molar-refractivity contribution in [3.8, 4) is 0 Å². The number of hydrogen-bond acceptors (Lipinski definition) is 2. The lowest BCUT2D eigenvalue weighted by atomic mass is 10.3. The Kier molecular flexibility index (Phi) is 5.99. The third-order valence-electron chi connectivity index (χ3n) is 1.28. The predicted octanol–water partition coefficient (Wildman–Crippen LogP) is 1.24. The number of nitrogens with one attached hydrogen (secondary N) is 1. The Morgan fingerprint density at radius 2 is 2.00 bits per heavy atom. The molecule has 0 heterocycles. The Morgan fingerprint density at radius 1 is 1.33 bits per heavy atom. The molecular weight excluding hydrogens is 112 g/mol. The van der Waals surface area contributed by atoms with E-state index in [1.165, 1.54) is 12.8 Å². The van der Waals surface area contributed by atoms with Crippen LogP contribution in [0, 0.1) is 0 Å². The smallest absolute Gasteiger partial charge is 0.0127 e. The standard InChI is InChI=1S/C7H18N2/c1-4-6-7-9(3)8-5-2/h8H,4-7H2,1-3H3. The highest BCUT2D eigenvalue weighted by molar-refractivity contribution is 4.42. The molecule has 56 valence electrons. The van der Waals surface area contributed by atoms with Gasteiger partial charge in [-0.1, -0.05) is 20.3 Å². The Hall–Kier alpha value is -0.0800. The first-order chi connectivity index (χ1) is 4.31. The maximum atomic E-state index is 3.21. The van der Waals surface area contributed by atoms with Crippen LogP contribution >= 0.6 is 0 Å². The Morgan fingerprint density at radius 3 is 2.44 bits per heavy atom. The second kappa shape index (κ2) is 6.05. The highest BCUT2D eigenvalue weighted by Crippen LogP contribution is 1.86. The molecule has 9 heavy (non-hydrogen) atoms. The zero-order valence-electron chi connectivity index (χ0n) is 6.78. The molecule has 1 N–H and O–H groups in total. The summed E-state index contributed by atoms with van der Waals surface area (Å²) in [5.41, 5.74) is 3.21. The molecule has 0 radical (unpaired) electrons. The summed E-state index contributed by atoms with van der Waals surface area (Å²) in [5.74, 6) is 0. The lowest BCUT2D eigenvalue weighted by Gasteiger charge is -2.15. The fourth-order valence-corrected chi connectivity index (χ4v) is 0.744. The molecule has 0 spiro atoms. The molecule has 0 aliphatic heterocycles. The second-order valence-corrected chi connectivity index (χ2v) is 2.29. The largest absolute Gasteiger partial charge is 0.256 e. The van der Waals surface area contributed by atoms with Crippen molar-refractivity contribution in [1.29, 1.82) is 0 Å². The fraction of sp³-hybridized carbons (Fsp3) is 1.00. The maximum absolute atomic E-state index is 3.21. The van der Waals surface area contributed by atoms with Gasteiger partial charge in [-0.15, -0.1) is 0 Å². The van der Waals surface area contributed by atoms with Crippen molar-refractivity contribution in [3.05, 3.63) is 0 Å². The Bertz CT molecular complexity index is 54.9. The van der Waals surface area contributed by atoms with Gasteiger partial charge in [-0.25, -0.2) is 5.01 Å². The van der Waals surface area contributed by atoms with Crippen LogP contribution in [0.1, 0.15) is 26.7 Å². The summed E-state index contributed by atoms with van der Waals surface area (Å²) in [6.07, 6.45) is 2.55. The Labute approximate surface area is 58.2 Å². The van der Waals surface area contributed by atoms with Gasteiger partial charge in [-0.3, -0.25) is 5.43 Å². The van der Waals surface area contributed by atoms with E-state index in [1.54, 1.807) is 0 Å². The zero-order chi connectivity index (χ0) is 7.11. The summed E-state index contributed by atoms with van der Waals surface area (Å²) in [4.78, 5) is 0. The molecular formula is C7H18N2. The van der Waals surface area contributed by atoms with Crippen LogP contribution < -0.4 is 5.43 Å². The number of hydrazine groups is 1. The average Bonchev–Trinajstić information content (AvgIpc) is 1.85. The topological polar surface area (TPSA) is 15.3 Å². The van der Waals surface area contributed by atoms with Gasteiger partial charge in [-0.05, 0) is 6.42 Å². The minimum Gasteiger partial charge on any atom is -0.256 e. The SMILES string of the molecule is CCCCN(C)NCC. The van der Waals surface area contributed by atoms with Crippen molar-refractivity contribution in [2.45, 2.75) is 26.7 Å². The molecule has 0 fully saturated rings. The molecule has 0 rings (SSSR count). The van der Waals surface area contributed by atoms with Crippen molar-refractivity contribution in [2.24, 2.45) is 0 Å². The first-order valence-electron chi connectivity index (χ1n) is 3.75. The molecule has 0 aliphatic carbocycles. The van der Waals surface area contributed by atoms with Crippen molar-refractivity contribution in [3.63, 3.8) is 0 Å².